The van der Waals surface area contributed by atoms with Crippen LogP contribution in [-0.2, 0) is 0 Å². The highest BCUT2D eigenvalue weighted by Crippen LogP contribution is 2.19. The second-order valence-corrected chi connectivity index (χ2v) is 5.10. The van der Waals surface area contributed by atoms with E-state index in [2.05, 4.69) is 37.2 Å². The number of hydrogen-bond acceptors (Lipinski definition) is 1. The van der Waals surface area contributed by atoms with E-state index in [0.717, 1.165) is 18.2 Å². The normalized spacial score (nSPS) is 11.4. The van der Waals surface area contributed by atoms with E-state index in [0.29, 0.717) is 17.1 Å². The van der Waals surface area contributed by atoms with Crippen LogP contribution in [0.1, 0.15) is 23.7 Å². The van der Waals surface area contributed by atoms with Crippen molar-refractivity contribution < 1.29 is 13.6 Å². The van der Waals surface area contributed by atoms with Gasteiger partial charge in [-0.2, -0.15) is 0 Å². The average molecular weight is 385 g/mol. The van der Waals surface area contributed by atoms with Gasteiger partial charge in [-0.05, 0) is 24.6 Å². The summed E-state index contributed by atoms with van der Waals surface area (Å²) in [6, 6.07) is 2.82. The maximum Gasteiger partial charge on any atom is 0.254 e. The fraction of sp³-hybridized carbons (Fsp3) is 0.417. The third kappa shape index (κ3) is 3.51. The number of carbonyl (C=O) groups excluding carboxylic acids is 1. The number of nitrogens with one attached hydrogen (secondary N) is 1. The minimum Gasteiger partial charge on any atom is -0.345 e. The summed E-state index contributed by atoms with van der Waals surface area (Å²) in [7, 11) is 0. The van der Waals surface area contributed by atoms with Crippen LogP contribution in [0, 0.1) is 11.6 Å². The Bertz CT molecular complexity index is 428. The first-order chi connectivity index (χ1) is 8.48. The minimum atomic E-state index is -0.733. The number of rotatable bonds is 5. The predicted molar refractivity (Wildman–Crippen MR) is 74.4 cm³/mol. The van der Waals surface area contributed by atoms with E-state index in [4.69, 9.17) is 0 Å². The molecule has 1 rings (SSSR count). The van der Waals surface area contributed by atoms with Gasteiger partial charge in [0, 0.05) is 10.7 Å². The molecule has 0 unspecified atom stereocenters. The number of amides is 1. The quantitative estimate of drug-likeness (QED) is 0.771. The summed E-state index contributed by atoms with van der Waals surface area (Å²) in [6.45, 7) is 1.91. The molecule has 0 aliphatic heterocycles. The number of alkyl halides is 2. The lowest BCUT2D eigenvalue weighted by Gasteiger charge is -2.30. The maximum atomic E-state index is 13.5. The van der Waals surface area contributed by atoms with Gasteiger partial charge >= 0.3 is 0 Å². The molecule has 0 saturated carbocycles. The first-order valence-electron chi connectivity index (χ1n) is 5.37. The van der Waals surface area contributed by atoms with Crippen molar-refractivity contribution in [3.63, 3.8) is 0 Å². The minimum absolute atomic E-state index is 0.283. The Hall–Kier alpha value is -0.490. The summed E-state index contributed by atoms with van der Waals surface area (Å²) >= 11 is 6.63. The van der Waals surface area contributed by atoms with Gasteiger partial charge in [0.2, 0.25) is 0 Å². The van der Waals surface area contributed by atoms with Crippen molar-refractivity contribution in [1.29, 1.82) is 0 Å². The molecule has 0 fully saturated rings. The van der Waals surface area contributed by atoms with Crippen LogP contribution in [-0.4, -0.2) is 22.1 Å². The SMILES string of the molecule is CCC(CBr)(CBr)NC(=O)c1cc(F)ccc1F. The van der Waals surface area contributed by atoms with E-state index in [9.17, 15) is 13.6 Å². The standard InChI is InChI=1S/C12H13Br2F2NO/c1-2-12(6-13,7-14)17-11(18)9-5-8(15)3-4-10(9)16/h3-5H,2,6-7H2,1H3,(H,17,18). The van der Waals surface area contributed by atoms with E-state index in [-0.39, 0.29) is 5.56 Å². The summed E-state index contributed by atoms with van der Waals surface area (Å²) in [5.74, 6) is -1.99. The second kappa shape index (κ2) is 6.61. The van der Waals surface area contributed by atoms with Crippen molar-refractivity contribution in [2.24, 2.45) is 0 Å². The first-order valence-corrected chi connectivity index (χ1v) is 7.62. The summed E-state index contributed by atoms with van der Waals surface area (Å²) < 4.78 is 26.5. The van der Waals surface area contributed by atoms with Crippen molar-refractivity contribution in [1.82, 2.24) is 5.32 Å². The fourth-order valence-electron chi connectivity index (χ4n) is 1.36. The van der Waals surface area contributed by atoms with E-state index in [1.54, 1.807) is 0 Å². The number of carbonyl (C=O) groups is 1. The average Bonchev–Trinajstić information content (AvgIpc) is 2.38. The van der Waals surface area contributed by atoms with Crippen LogP contribution in [0.15, 0.2) is 18.2 Å². The summed E-state index contributed by atoms with van der Waals surface area (Å²) in [6.07, 6.45) is 0.659. The molecule has 1 N–H and O–H groups in total. The molecule has 18 heavy (non-hydrogen) atoms. The summed E-state index contributed by atoms with van der Waals surface area (Å²) in [5.41, 5.74) is -0.801. The van der Waals surface area contributed by atoms with Gasteiger partial charge in [0.1, 0.15) is 11.6 Å². The third-order valence-corrected chi connectivity index (χ3v) is 4.89. The van der Waals surface area contributed by atoms with Gasteiger partial charge in [-0.3, -0.25) is 4.79 Å². The Balaban J connectivity index is 2.97. The smallest absolute Gasteiger partial charge is 0.254 e. The Kier molecular flexibility index (Phi) is 5.72. The van der Waals surface area contributed by atoms with Crippen molar-refractivity contribution in [2.45, 2.75) is 18.9 Å². The van der Waals surface area contributed by atoms with E-state index in [1.807, 2.05) is 6.92 Å². The van der Waals surface area contributed by atoms with Gasteiger partial charge in [-0.1, -0.05) is 38.8 Å². The highest BCUT2D eigenvalue weighted by Gasteiger charge is 2.29. The Morgan fingerprint density at radius 2 is 1.94 bits per heavy atom. The molecule has 2 nitrogen and oxygen atoms in total. The zero-order chi connectivity index (χ0) is 13.8. The van der Waals surface area contributed by atoms with Gasteiger partial charge in [0.05, 0.1) is 11.1 Å². The molecule has 0 spiro atoms. The Labute approximate surface area is 121 Å². The van der Waals surface area contributed by atoms with Crippen molar-refractivity contribution in [3.05, 3.63) is 35.4 Å². The molecule has 6 heteroatoms. The zero-order valence-corrected chi connectivity index (χ0v) is 12.9. The molecule has 100 valence electrons. The van der Waals surface area contributed by atoms with Crippen LogP contribution < -0.4 is 5.32 Å². The molecular formula is C12H13Br2F2NO. The largest absolute Gasteiger partial charge is 0.345 e. The van der Waals surface area contributed by atoms with Gasteiger partial charge < -0.3 is 5.32 Å². The lowest BCUT2D eigenvalue weighted by Crippen LogP contribution is -2.51. The van der Waals surface area contributed by atoms with E-state index >= 15 is 0 Å². The predicted octanol–water partition coefficient (Wildman–Crippen LogP) is 3.63. The van der Waals surface area contributed by atoms with Gasteiger partial charge in [0.25, 0.3) is 5.91 Å². The summed E-state index contributed by atoms with van der Waals surface area (Å²) in [5, 5.41) is 3.76. The van der Waals surface area contributed by atoms with Crippen LogP contribution in [0.3, 0.4) is 0 Å². The van der Waals surface area contributed by atoms with Crippen LogP contribution in [0.2, 0.25) is 0 Å². The lowest BCUT2D eigenvalue weighted by atomic mass is 10.0. The molecule has 0 heterocycles. The number of hydrogen-bond donors (Lipinski definition) is 1. The molecule has 0 radical (unpaired) electrons. The fourth-order valence-corrected chi connectivity index (χ4v) is 3.36. The van der Waals surface area contributed by atoms with E-state index < -0.39 is 23.1 Å². The zero-order valence-electron chi connectivity index (χ0n) is 9.77. The van der Waals surface area contributed by atoms with E-state index in [1.165, 1.54) is 0 Å². The molecular weight excluding hydrogens is 372 g/mol. The number of halogens is 4. The second-order valence-electron chi connectivity index (χ2n) is 3.98. The van der Waals surface area contributed by atoms with Gasteiger partial charge in [-0.25, -0.2) is 8.78 Å². The van der Waals surface area contributed by atoms with Crippen molar-refractivity contribution >= 4 is 37.8 Å². The topological polar surface area (TPSA) is 29.1 Å². The van der Waals surface area contributed by atoms with Crippen molar-refractivity contribution in [3.8, 4) is 0 Å². The monoisotopic (exact) mass is 383 g/mol. The number of benzene rings is 1. The van der Waals surface area contributed by atoms with Crippen LogP contribution in [0.4, 0.5) is 8.78 Å². The molecule has 0 aliphatic rings. The molecule has 0 saturated heterocycles. The highest BCUT2D eigenvalue weighted by atomic mass is 79.9. The maximum absolute atomic E-state index is 13.5. The summed E-state index contributed by atoms with van der Waals surface area (Å²) in [4.78, 5) is 12.0. The van der Waals surface area contributed by atoms with Gasteiger partial charge in [-0.15, -0.1) is 0 Å². The molecule has 0 aliphatic carbocycles. The molecule has 1 aromatic carbocycles. The third-order valence-electron chi connectivity index (χ3n) is 2.74. The molecule has 1 aromatic rings. The highest BCUT2D eigenvalue weighted by molar-refractivity contribution is 9.09. The van der Waals surface area contributed by atoms with Crippen LogP contribution >= 0.6 is 31.9 Å². The molecule has 0 aromatic heterocycles. The molecule has 0 atom stereocenters. The van der Waals surface area contributed by atoms with Crippen LogP contribution in [0.5, 0.6) is 0 Å². The molecule has 0 bridgehead atoms. The first kappa shape index (κ1) is 15.6. The van der Waals surface area contributed by atoms with Crippen molar-refractivity contribution in [2.75, 3.05) is 10.7 Å². The Morgan fingerprint density at radius 3 is 2.44 bits per heavy atom. The molecule has 1 amide bonds. The lowest BCUT2D eigenvalue weighted by molar-refractivity contribution is 0.0910. The van der Waals surface area contributed by atoms with Gasteiger partial charge in [0.15, 0.2) is 0 Å². The Morgan fingerprint density at radius 1 is 1.33 bits per heavy atom. The van der Waals surface area contributed by atoms with Crippen LogP contribution in [0.25, 0.3) is 0 Å².